The van der Waals surface area contributed by atoms with E-state index in [9.17, 15) is 8.42 Å². The minimum absolute atomic E-state index is 0.0636. The molecular formula is C4H6ClN3O3S. The van der Waals surface area contributed by atoms with Crippen molar-refractivity contribution in [2.45, 2.75) is 0 Å². The number of aryl methyl sites for hydroxylation is 1. The second-order valence-corrected chi connectivity index (χ2v) is 3.99. The van der Waals surface area contributed by atoms with Gasteiger partial charge < -0.3 is 4.18 Å². The minimum atomic E-state index is -3.58. The van der Waals surface area contributed by atoms with Gasteiger partial charge in [0.2, 0.25) is 5.28 Å². The lowest BCUT2D eigenvalue weighted by Gasteiger charge is -1.93. The molecule has 0 aromatic carbocycles. The maximum Gasteiger partial charge on any atom is 0.352 e. The second-order valence-electron chi connectivity index (χ2n) is 2.07. The molecule has 0 fully saturated rings. The quantitative estimate of drug-likeness (QED) is 0.634. The standard InChI is InChI=1S/C4H6ClN3O3S/c1-8-3(5)6-4(7-8)11-12(2,9)10/h1-2H3. The van der Waals surface area contributed by atoms with Crippen molar-refractivity contribution in [1.29, 1.82) is 0 Å². The number of hydrogen-bond acceptors (Lipinski definition) is 5. The van der Waals surface area contributed by atoms with Gasteiger partial charge in [0.05, 0.1) is 6.26 Å². The molecule has 1 rings (SSSR count). The van der Waals surface area contributed by atoms with Crippen molar-refractivity contribution in [1.82, 2.24) is 14.8 Å². The topological polar surface area (TPSA) is 74.1 Å². The molecule has 0 saturated heterocycles. The van der Waals surface area contributed by atoms with Gasteiger partial charge in [0, 0.05) is 7.05 Å². The summed E-state index contributed by atoms with van der Waals surface area (Å²) in [5.74, 6) is 0. The second kappa shape index (κ2) is 2.91. The van der Waals surface area contributed by atoms with Crippen LogP contribution < -0.4 is 4.18 Å². The SMILES string of the molecule is Cn1nc(OS(C)(=O)=O)nc1Cl. The molecular weight excluding hydrogens is 206 g/mol. The molecule has 0 aliphatic rings. The van der Waals surface area contributed by atoms with E-state index in [0.717, 1.165) is 6.26 Å². The van der Waals surface area contributed by atoms with E-state index in [0.29, 0.717) is 0 Å². The first-order valence-corrected chi connectivity index (χ1v) is 5.04. The molecule has 12 heavy (non-hydrogen) atoms. The van der Waals surface area contributed by atoms with Crippen LogP contribution in [-0.2, 0) is 17.2 Å². The summed E-state index contributed by atoms with van der Waals surface area (Å²) >= 11 is 5.47. The van der Waals surface area contributed by atoms with Crippen LogP contribution in [-0.4, -0.2) is 29.4 Å². The van der Waals surface area contributed by atoms with E-state index in [1.807, 2.05) is 0 Å². The summed E-state index contributed by atoms with van der Waals surface area (Å²) in [6.07, 6.45) is 0.900. The van der Waals surface area contributed by atoms with Crippen molar-refractivity contribution in [3.05, 3.63) is 5.28 Å². The number of nitrogens with zero attached hydrogens (tertiary/aromatic N) is 3. The molecule has 0 atom stereocenters. The fourth-order valence-corrected chi connectivity index (χ4v) is 0.965. The smallest absolute Gasteiger partial charge is 0.342 e. The maximum atomic E-state index is 10.6. The van der Waals surface area contributed by atoms with E-state index >= 15 is 0 Å². The summed E-state index contributed by atoms with van der Waals surface area (Å²) in [6.45, 7) is 0. The van der Waals surface area contributed by atoms with E-state index in [4.69, 9.17) is 11.6 Å². The Hall–Kier alpha value is -0.820. The molecule has 0 aliphatic heterocycles. The third-order valence-corrected chi connectivity index (χ3v) is 1.70. The molecule has 0 amide bonds. The summed E-state index contributed by atoms with van der Waals surface area (Å²) in [7, 11) is -2.06. The zero-order valence-corrected chi connectivity index (χ0v) is 7.93. The van der Waals surface area contributed by atoms with Gasteiger partial charge in [-0.05, 0) is 11.6 Å². The summed E-state index contributed by atoms with van der Waals surface area (Å²) in [5, 5.41) is 3.63. The first-order valence-electron chi connectivity index (χ1n) is 2.84. The van der Waals surface area contributed by atoms with Gasteiger partial charge in [-0.25, -0.2) is 4.68 Å². The predicted octanol–water partition coefficient (Wildman–Crippen LogP) is -0.193. The van der Waals surface area contributed by atoms with E-state index in [1.165, 1.54) is 11.7 Å². The average Bonchev–Trinajstić information content (AvgIpc) is 2.07. The highest BCUT2D eigenvalue weighted by molar-refractivity contribution is 7.86. The van der Waals surface area contributed by atoms with Gasteiger partial charge in [-0.3, -0.25) is 0 Å². The highest BCUT2D eigenvalue weighted by Gasteiger charge is 2.10. The van der Waals surface area contributed by atoms with E-state index in [1.54, 1.807) is 0 Å². The Morgan fingerprint density at radius 2 is 2.17 bits per heavy atom. The van der Waals surface area contributed by atoms with Crippen molar-refractivity contribution >= 4 is 21.7 Å². The van der Waals surface area contributed by atoms with Crippen molar-refractivity contribution in [3.63, 3.8) is 0 Å². The predicted molar refractivity (Wildman–Crippen MR) is 41.5 cm³/mol. The van der Waals surface area contributed by atoms with Gasteiger partial charge in [-0.1, -0.05) is 0 Å². The summed E-state index contributed by atoms with van der Waals surface area (Å²) in [5.41, 5.74) is 0. The van der Waals surface area contributed by atoms with Crippen LogP contribution in [0.15, 0.2) is 0 Å². The molecule has 0 N–H and O–H groups in total. The molecule has 68 valence electrons. The van der Waals surface area contributed by atoms with Crippen molar-refractivity contribution < 1.29 is 12.6 Å². The largest absolute Gasteiger partial charge is 0.352 e. The highest BCUT2D eigenvalue weighted by Crippen LogP contribution is 2.10. The maximum absolute atomic E-state index is 10.6. The molecule has 6 nitrogen and oxygen atoms in total. The molecule has 0 radical (unpaired) electrons. The van der Waals surface area contributed by atoms with E-state index in [-0.39, 0.29) is 11.3 Å². The first-order chi connectivity index (χ1) is 5.38. The zero-order valence-electron chi connectivity index (χ0n) is 6.35. The average molecular weight is 212 g/mol. The van der Waals surface area contributed by atoms with Crippen LogP contribution in [0.2, 0.25) is 5.28 Å². The number of hydrogen-bond donors (Lipinski definition) is 0. The van der Waals surface area contributed by atoms with Crippen LogP contribution >= 0.6 is 11.6 Å². The Labute approximate surface area is 74.2 Å². The van der Waals surface area contributed by atoms with Gasteiger partial charge in [-0.15, -0.1) is 5.10 Å². The number of halogens is 1. The van der Waals surface area contributed by atoms with Crippen LogP contribution in [0.5, 0.6) is 6.01 Å². The fourth-order valence-electron chi connectivity index (χ4n) is 0.514. The molecule has 8 heteroatoms. The Balaban J connectivity index is 2.92. The van der Waals surface area contributed by atoms with Crippen molar-refractivity contribution in [2.75, 3.05) is 6.26 Å². The molecule has 0 aliphatic carbocycles. The first kappa shape index (κ1) is 9.27. The van der Waals surface area contributed by atoms with Gasteiger partial charge in [-0.2, -0.15) is 13.4 Å². The van der Waals surface area contributed by atoms with E-state index < -0.39 is 10.1 Å². The zero-order chi connectivity index (χ0) is 9.35. The lowest BCUT2D eigenvalue weighted by molar-refractivity contribution is 0.468. The van der Waals surface area contributed by atoms with Crippen molar-refractivity contribution in [2.24, 2.45) is 7.05 Å². The van der Waals surface area contributed by atoms with Gasteiger partial charge in [0.15, 0.2) is 0 Å². The Morgan fingerprint density at radius 3 is 2.50 bits per heavy atom. The molecule has 1 heterocycles. The minimum Gasteiger partial charge on any atom is -0.342 e. The van der Waals surface area contributed by atoms with Gasteiger partial charge in [0.1, 0.15) is 0 Å². The number of rotatable bonds is 2. The summed E-state index contributed by atoms with van der Waals surface area (Å²) in [4.78, 5) is 3.51. The van der Waals surface area contributed by atoms with Gasteiger partial charge in [0.25, 0.3) is 0 Å². The summed E-state index contributed by atoms with van der Waals surface area (Å²) in [6, 6.07) is -0.273. The van der Waals surface area contributed by atoms with Crippen LogP contribution in [0, 0.1) is 0 Å². The summed E-state index contributed by atoms with van der Waals surface area (Å²) < 4.78 is 26.7. The van der Waals surface area contributed by atoms with Crippen molar-refractivity contribution in [3.8, 4) is 6.01 Å². The lowest BCUT2D eigenvalue weighted by atomic mass is 11.2. The molecule has 0 spiro atoms. The molecule has 0 saturated carbocycles. The Morgan fingerprint density at radius 1 is 1.58 bits per heavy atom. The Bertz CT molecular complexity index is 365. The molecule has 0 unspecified atom stereocenters. The molecule has 0 bridgehead atoms. The fraction of sp³-hybridized carbons (Fsp3) is 0.500. The van der Waals surface area contributed by atoms with Crippen LogP contribution in [0.1, 0.15) is 0 Å². The number of aromatic nitrogens is 3. The molecule has 1 aromatic heterocycles. The third-order valence-electron chi connectivity index (χ3n) is 0.916. The van der Waals surface area contributed by atoms with Crippen LogP contribution in [0.3, 0.4) is 0 Å². The highest BCUT2D eigenvalue weighted by atomic mass is 35.5. The van der Waals surface area contributed by atoms with E-state index in [2.05, 4.69) is 14.3 Å². The van der Waals surface area contributed by atoms with Crippen LogP contribution in [0.25, 0.3) is 0 Å². The normalized spacial score (nSPS) is 11.6. The molecule has 1 aromatic rings. The third kappa shape index (κ3) is 2.35. The lowest BCUT2D eigenvalue weighted by Crippen LogP contribution is -2.07. The van der Waals surface area contributed by atoms with Crippen LogP contribution in [0.4, 0.5) is 0 Å². The monoisotopic (exact) mass is 211 g/mol. The van der Waals surface area contributed by atoms with Gasteiger partial charge >= 0.3 is 16.1 Å². The Kier molecular flexibility index (Phi) is 2.25.